The average molecular weight is 246 g/mol. The molecule has 1 aromatic carbocycles. The number of aromatic nitrogens is 2. The molecule has 0 fully saturated rings. The van der Waals surface area contributed by atoms with Gasteiger partial charge in [-0.05, 0) is 19.9 Å². The molecule has 2 aromatic rings. The van der Waals surface area contributed by atoms with Gasteiger partial charge in [-0.25, -0.2) is 13.8 Å². The molecule has 1 heterocycles. The first-order valence-electron chi connectivity index (χ1n) is 4.78. The van der Waals surface area contributed by atoms with Gasteiger partial charge in [-0.3, -0.25) is 0 Å². The second kappa shape index (κ2) is 3.90. The zero-order valence-corrected chi connectivity index (χ0v) is 9.49. The molecule has 0 saturated heterocycles. The zero-order valence-electron chi connectivity index (χ0n) is 8.74. The Morgan fingerprint density at radius 3 is 2.69 bits per heavy atom. The predicted molar refractivity (Wildman–Crippen MR) is 59.8 cm³/mol. The molecule has 2 rings (SSSR count). The zero-order chi connectivity index (χ0) is 11.9. The van der Waals surface area contributed by atoms with Crippen LogP contribution in [0.2, 0.25) is 5.02 Å². The van der Waals surface area contributed by atoms with Crippen LogP contribution in [0.25, 0.3) is 11.0 Å². The van der Waals surface area contributed by atoms with Crippen molar-refractivity contribution in [3.05, 3.63) is 22.7 Å². The summed E-state index contributed by atoms with van der Waals surface area (Å²) in [7, 11) is 0. The first-order chi connectivity index (χ1) is 7.49. The first kappa shape index (κ1) is 11.1. The molecule has 86 valence electrons. The second-order valence-electron chi connectivity index (χ2n) is 3.77. The highest BCUT2D eigenvalue weighted by Crippen LogP contribution is 2.26. The van der Waals surface area contributed by atoms with Gasteiger partial charge >= 0.3 is 0 Å². The fraction of sp³-hybridized carbons (Fsp3) is 0.300. The molecule has 0 bridgehead atoms. The minimum Gasteiger partial charge on any atom is -0.354 e. The van der Waals surface area contributed by atoms with Gasteiger partial charge in [0.1, 0.15) is 5.52 Å². The lowest BCUT2D eigenvalue weighted by atomic mass is 10.3. The van der Waals surface area contributed by atoms with Crippen LogP contribution in [0.4, 0.5) is 14.7 Å². The summed E-state index contributed by atoms with van der Waals surface area (Å²) in [4.78, 5) is 6.74. The Balaban J connectivity index is 2.57. The van der Waals surface area contributed by atoms with Crippen molar-refractivity contribution in [1.29, 1.82) is 0 Å². The molecule has 0 aliphatic rings. The molecule has 16 heavy (non-hydrogen) atoms. The van der Waals surface area contributed by atoms with Crippen molar-refractivity contribution in [3.63, 3.8) is 0 Å². The Morgan fingerprint density at radius 2 is 2.06 bits per heavy atom. The van der Waals surface area contributed by atoms with E-state index in [1.165, 1.54) is 6.07 Å². The van der Waals surface area contributed by atoms with Crippen molar-refractivity contribution < 1.29 is 8.78 Å². The topological polar surface area (TPSA) is 40.7 Å². The van der Waals surface area contributed by atoms with Crippen molar-refractivity contribution in [3.8, 4) is 0 Å². The van der Waals surface area contributed by atoms with E-state index in [2.05, 4.69) is 15.3 Å². The molecule has 0 radical (unpaired) electrons. The van der Waals surface area contributed by atoms with E-state index in [9.17, 15) is 8.78 Å². The molecule has 0 atom stereocenters. The van der Waals surface area contributed by atoms with Crippen molar-refractivity contribution in [2.75, 3.05) is 5.32 Å². The number of anilines is 1. The summed E-state index contributed by atoms with van der Waals surface area (Å²) >= 11 is 5.52. The van der Waals surface area contributed by atoms with Gasteiger partial charge in [0, 0.05) is 6.04 Å². The fourth-order valence-corrected chi connectivity index (χ4v) is 1.59. The van der Waals surface area contributed by atoms with Gasteiger partial charge < -0.3 is 10.3 Å². The van der Waals surface area contributed by atoms with Gasteiger partial charge in [-0.1, -0.05) is 11.6 Å². The highest BCUT2D eigenvalue weighted by atomic mass is 35.5. The first-order valence-corrected chi connectivity index (χ1v) is 5.16. The van der Waals surface area contributed by atoms with Crippen LogP contribution >= 0.6 is 11.6 Å². The van der Waals surface area contributed by atoms with E-state index < -0.39 is 11.6 Å². The number of nitrogens with zero attached hydrogens (tertiary/aromatic N) is 1. The normalized spacial score (nSPS) is 11.4. The van der Waals surface area contributed by atoms with Crippen LogP contribution in [0.1, 0.15) is 13.8 Å². The van der Waals surface area contributed by atoms with Crippen molar-refractivity contribution in [2.24, 2.45) is 0 Å². The monoisotopic (exact) mass is 245 g/mol. The van der Waals surface area contributed by atoms with E-state index in [0.717, 1.165) is 0 Å². The summed E-state index contributed by atoms with van der Waals surface area (Å²) in [5, 5.41) is 2.70. The average Bonchev–Trinajstić information content (AvgIpc) is 2.56. The number of imidazole rings is 1. The van der Waals surface area contributed by atoms with Gasteiger partial charge in [0.25, 0.3) is 0 Å². The molecular weight excluding hydrogens is 236 g/mol. The summed E-state index contributed by atoms with van der Waals surface area (Å²) < 4.78 is 26.6. The van der Waals surface area contributed by atoms with Gasteiger partial charge in [-0.15, -0.1) is 0 Å². The minimum absolute atomic E-state index is 0.0509. The standard InChI is InChI=1S/C10H10ClF2N3/c1-4(2)14-10-15-6-3-5(11)7(12)8(13)9(6)16-10/h3-4H,1-2H3,(H2,14,15,16). The van der Waals surface area contributed by atoms with Crippen molar-refractivity contribution in [2.45, 2.75) is 19.9 Å². The number of rotatable bonds is 2. The van der Waals surface area contributed by atoms with E-state index in [0.29, 0.717) is 11.5 Å². The quantitative estimate of drug-likeness (QED) is 0.797. The minimum atomic E-state index is -1.07. The Kier molecular flexibility index (Phi) is 2.71. The van der Waals surface area contributed by atoms with Gasteiger partial charge in [0.15, 0.2) is 11.6 Å². The third-order valence-corrected chi connectivity index (χ3v) is 2.31. The summed E-state index contributed by atoms with van der Waals surface area (Å²) in [6.07, 6.45) is 0. The van der Waals surface area contributed by atoms with Gasteiger partial charge in [0.2, 0.25) is 5.95 Å². The molecular formula is C10H10ClF2N3. The molecule has 0 saturated carbocycles. The van der Waals surface area contributed by atoms with E-state index in [4.69, 9.17) is 11.6 Å². The summed E-state index contributed by atoms with van der Waals surface area (Å²) in [5.74, 6) is -1.71. The largest absolute Gasteiger partial charge is 0.354 e. The Bertz CT molecular complexity index is 536. The lowest BCUT2D eigenvalue weighted by Crippen LogP contribution is -2.10. The summed E-state index contributed by atoms with van der Waals surface area (Å²) in [5.41, 5.74) is 0.317. The number of benzene rings is 1. The maximum atomic E-state index is 13.4. The lowest BCUT2D eigenvalue weighted by molar-refractivity contribution is 0.516. The third-order valence-electron chi connectivity index (χ3n) is 2.04. The van der Waals surface area contributed by atoms with E-state index in [1.807, 2.05) is 13.8 Å². The van der Waals surface area contributed by atoms with Crippen molar-refractivity contribution in [1.82, 2.24) is 9.97 Å². The molecule has 0 aliphatic carbocycles. The third kappa shape index (κ3) is 1.82. The van der Waals surface area contributed by atoms with E-state index in [-0.39, 0.29) is 16.6 Å². The van der Waals surface area contributed by atoms with Gasteiger partial charge in [0.05, 0.1) is 10.5 Å². The summed E-state index contributed by atoms with van der Waals surface area (Å²) in [6.45, 7) is 3.83. The molecule has 0 unspecified atom stereocenters. The maximum absolute atomic E-state index is 13.4. The Labute approximate surface area is 95.8 Å². The predicted octanol–water partition coefficient (Wildman–Crippen LogP) is 3.31. The lowest BCUT2D eigenvalue weighted by Gasteiger charge is -2.04. The summed E-state index contributed by atoms with van der Waals surface area (Å²) in [6, 6.07) is 1.46. The number of fused-ring (bicyclic) bond motifs is 1. The molecule has 0 amide bonds. The Morgan fingerprint density at radius 1 is 1.38 bits per heavy atom. The number of H-pyrrole nitrogens is 1. The van der Waals surface area contributed by atoms with Crippen LogP contribution in [0.15, 0.2) is 6.07 Å². The molecule has 2 N–H and O–H groups in total. The fourth-order valence-electron chi connectivity index (χ4n) is 1.40. The number of aromatic amines is 1. The molecule has 0 aliphatic heterocycles. The highest BCUT2D eigenvalue weighted by Gasteiger charge is 2.15. The molecule has 3 nitrogen and oxygen atoms in total. The van der Waals surface area contributed by atoms with Crippen LogP contribution in [0.3, 0.4) is 0 Å². The number of hydrogen-bond acceptors (Lipinski definition) is 2. The number of halogens is 3. The molecule has 1 aromatic heterocycles. The van der Waals surface area contributed by atoms with Crippen LogP contribution < -0.4 is 5.32 Å². The van der Waals surface area contributed by atoms with Crippen LogP contribution in [-0.4, -0.2) is 16.0 Å². The second-order valence-corrected chi connectivity index (χ2v) is 4.17. The number of hydrogen-bond donors (Lipinski definition) is 2. The van der Waals surface area contributed by atoms with Crippen LogP contribution in [-0.2, 0) is 0 Å². The SMILES string of the molecule is CC(C)Nc1nc2c(F)c(F)c(Cl)cc2[nH]1. The maximum Gasteiger partial charge on any atom is 0.201 e. The highest BCUT2D eigenvalue weighted by molar-refractivity contribution is 6.31. The molecule has 6 heteroatoms. The van der Waals surface area contributed by atoms with Gasteiger partial charge in [-0.2, -0.15) is 0 Å². The van der Waals surface area contributed by atoms with Crippen LogP contribution in [0.5, 0.6) is 0 Å². The van der Waals surface area contributed by atoms with Crippen LogP contribution in [0, 0.1) is 11.6 Å². The van der Waals surface area contributed by atoms with E-state index >= 15 is 0 Å². The van der Waals surface area contributed by atoms with Crippen molar-refractivity contribution >= 4 is 28.6 Å². The molecule has 0 spiro atoms. The number of nitrogens with one attached hydrogen (secondary N) is 2. The van der Waals surface area contributed by atoms with E-state index in [1.54, 1.807) is 0 Å². The smallest absolute Gasteiger partial charge is 0.201 e. The Hall–Kier alpha value is -1.36.